The van der Waals surface area contributed by atoms with Gasteiger partial charge in [0.25, 0.3) is 0 Å². The number of rotatable bonds is 1. The van der Waals surface area contributed by atoms with Crippen molar-refractivity contribution in [3.8, 4) is 0 Å². The van der Waals surface area contributed by atoms with Crippen LogP contribution in [0.25, 0.3) is 11.0 Å². The van der Waals surface area contributed by atoms with Gasteiger partial charge in [0, 0.05) is 11.9 Å². The van der Waals surface area contributed by atoms with Gasteiger partial charge in [-0.3, -0.25) is 0 Å². The van der Waals surface area contributed by atoms with Gasteiger partial charge in [-0.1, -0.05) is 0 Å². The Labute approximate surface area is 156 Å². The number of aromatic nitrogens is 4. The molecule has 0 unspecified atom stereocenters. The number of halogens is 1. The van der Waals surface area contributed by atoms with Gasteiger partial charge >= 0.3 is 17.1 Å². The molecular formula is C12H14CuIN5O4. The minimum absolute atomic E-state index is 0. The number of nitrogens with zero attached hydrogens (tertiary/aromatic N) is 4. The van der Waals surface area contributed by atoms with Gasteiger partial charge in [0.15, 0.2) is 5.65 Å². The fraction of sp³-hybridized carbons (Fsp3) is 0.417. The number of nitrogen functional groups attached to an aromatic ring is 1. The van der Waals surface area contributed by atoms with Crippen LogP contribution in [0.5, 0.6) is 0 Å². The van der Waals surface area contributed by atoms with Crippen molar-refractivity contribution >= 4 is 51.4 Å². The molecule has 3 rings (SSSR count). The molecule has 2 aromatic rings. The predicted octanol–water partition coefficient (Wildman–Crippen LogP) is -1.14. The van der Waals surface area contributed by atoms with Gasteiger partial charge in [-0.25, -0.2) is 14.6 Å². The molecule has 0 bridgehead atoms. The first-order chi connectivity index (χ1) is 10.2. The second kappa shape index (κ2) is 9.63. The largest absolute Gasteiger partial charge is 2.00 e. The molecule has 1 aliphatic carbocycles. The summed E-state index contributed by atoms with van der Waals surface area (Å²) in [6, 6.07) is 0.523. The van der Waals surface area contributed by atoms with Crippen molar-refractivity contribution in [2.24, 2.45) is 0 Å². The maximum Gasteiger partial charge on any atom is 2.00 e. The summed E-state index contributed by atoms with van der Waals surface area (Å²) in [5.74, 6) is -1.65. The van der Waals surface area contributed by atoms with Gasteiger partial charge < -0.3 is 25.5 Å². The van der Waals surface area contributed by atoms with E-state index >= 15 is 0 Å². The third-order valence-electron chi connectivity index (χ3n) is 2.37. The summed E-state index contributed by atoms with van der Waals surface area (Å²) in [6.07, 6.45) is 3.88. The predicted molar refractivity (Wildman–Crippen MR) is 82.1 cm³/mol. The normalized spacial score (nSPS) is 12.1. The number of carbonyl (C=O) groups excluding carboxylic acids is 2. The van der Waals surface area contributed by atoms with Crippen LogP contribution in [0.15, 0.2) is 6.33 Å². The molecular weight excluding hydrogens is 469 g/mol. The number of carboxylic acids is 2. The van der Waals surface area contributed by atoms with E-state index in [0.29, 0.717) is 11.9 Å². The van der Waals surface area contributed by atoms with Crippen LogP contribution in [0.3, 0.4) is 0 Å². The number of carbonyl (C=O) groups is 2. The minimum atomic E-state index is -1.08. The van der Waals surface area contributed by atoms with E-state index in [1.54, 1.807) is 0 Å². The monoisotopic (exact) mass is 482 g/mol. The summed E-state index contributed by atoms with van der Waals surface area (Å²) in [4.78, 5) is 26.0. The molecule has 0 atom stereocenters. The summed E-state index contributed by atoms with van der Waals surface area (Å²) in [7, 11) is 0. The van der Waals surface area contributed by atoms with Crippen LogP contribution >= 0.6 is 22.6 Å². The van der Waals surface area contributed by atoms with E-state index in [4.69, 9.17) is 25.5 Å². The number of aliphatic carboxylic acids is 2. The van der Waals surface area contributed by atoms with Crippen molar-refractivity contribution in [1.82, 2.24) is 19.7 Å². The maximum absolute atomic E-state index is 8.89. The fourth-order valence-electron chi connectivity index (χ4n) is 1.53. The number of hydrogen-bond acceptors (Lipinski definition) is 8. The quantitative estimate of drug-likeness (QED) is 0.396. The van der Waals surface area contributed by atoms with Crippen molar-refractivity contribution < 1.29 is 36.9 Å². The molecule has 2 N–H and O–H groups in total. The number of anilines is 1. The first kappa shape index (κ1) is 21.5. The van der Waals surface area contributed by atoms with Crippen LogP contribution in [-0.2, 0) is 26.7 Å². The van der Waals surface area contributed by atoms with E-state index in [1.807, 2.05) is 4.68 Å². The molecule has 1 fully saturated rings. The van der Waals surface area contributed by atoms with Gasteiger partial charge in [-0.05, 0) is 49.3 Å². The molecule has 0 saturated heterocycles. The van der Waals surface area contributed by atoms with Crippen molar-refractivity contribution in [3.63, 3.8) is 0 Å². The Morgan fingerprint density at radius 2 is 1.74 bits per heavy atom. The van der Waals surface area contributed by atoms with Crippen molar-refractivity contribution in [2.75, 3.05) is 5.73 Å². The molecule has 2 aromatic heterocycles. The first-order valence-electron chi connectivity index (χ1n) is 6.23. The van der Waals surface area contributed by atoms with E-state index in [9.17, 15) is 0 Å². The Morgan fingerprint density at radius 3 is 2.17 bits per heavy atom. The smallest absolute Gasteiger partial charge is 0.550 e. The van der Waals surface area contributed by atoms with Crippen molar-refractivity contribution in [3.05, 3.63) is 10.0 Å². The minimum Gasteiger partial charge on any atom is -0.550 e. The Morgan fingerprint density at radius 1 is 1.26 bits per heavy atom. The first-order valence-corrected chi connectivity index (χ1v) is 7.31. The molecule has 2 heterocycles. The third kappa shape index (κ3) is 7.10. The van der Waals surface area contributed by atoms with E-state index in [0.717, 1.165) is 28.6 Å². The fourth-order valence-corrected chi connectivity index (χ4v) is 2.28. The average molecular weight is 483 g/mol. The zero-order chi connectivity index (χ0) is 16.9. The van der Waals surface area contributed by atoms with Gasteiger partial charge in [0.1, 0.15) is 15.8 Å². The molecule has 1 aliphatic rings. The maximum atomic E-state index is 8.89. The Balaban J connectivity index is 0.000000461. The molecule has 0 spiro atoms. The third-order valence-corrected chi connectivity index (χ3v) is 3.12. The summed E-state index contributed by atoms with van der Waals surface area (Å²) in [5, 5.41) is 23.1. The molecule has 9 nitrogen and oxygen atoms in total. The second-order valence-electron chi connectivity index (χ2n) is 4.41. The molecule has 11 heteroatoms. The standard InChI is InChI=1S/C8H8IN5.2C2H4O2.Cu/c9-6-5-7(10)11-3-12-8(5)14(13-6)4-1-2-4;2*1-2(3)4;/h3-4H,1-2H2,(H2,10,11,12);2*1H3,(H,3,4);/q;;;+2/p-2. The summed E-state index contributed by atoms with van der Waals surface area (Å²) >= 11 is 2.17. The van der Waals surface area contributed by atoms with Gasteiger partial charge in [0.2, 0.25) is 0 Å². The second-order valence-corrected chi connectivity index (χ2v) is 5.43. The zero-order valence-electron chi connectivity index (χ0n) is 12.2. The van der Waals surface area contributed by atoms with E-state index in [1.165, 1.54) is 19.2 Å². The molecule has 23 heavy (non-hydrogen) atoms. The average Bonchev–Trinajstić information content (AvgIpc) is 3.13. The number of carboxylic acid groups (broad SMARTS) is 2. The summed E-state index contributed by atoms with van der Waals surface area (Å²) in [5.41, 5.74) is 6.65. The van der Waals surface area contributed by atoms with Crippen LogP contribution in [0, 0.1) is 3.70 Å². The Bertz CT molecular complexity index is 669. The summed E-state index contributed by atoms with van der Waals surface area (Å²) in [6.45, 7) is 1.94. The number of hydrogen-bond donors (Lipinski definition) is 1. The van der Waals surface area contributed by atoms with Crippen LogP contribution in [0.4, 0.5) is 5.82 Å². The van der Waals surface area contributed by atoms with Gasteiger partial charge in [-0.15, -0.1) is 0 Å². The van der Waals surface area contributed by atoms with Gasteiger partial charge in [-0.2, -0.15) is 5.10 Å². The number of nitrogens with two attached hydrogens (primary N) is 1. The van der Waals surface area contributed by atoms with E-state index < -0.39 is 11.9 Å². The van der Waals surface area contributed by atoms with E-state index in [2.05, 4.69) is 37.7 Å². The molecule has 0 amide bonds. The van der Waals surface area contributed by atoms with Crippen molar-refractivity contribution in [2.45, 2.75) is 32.7 Å². The topological polar surface area (TPSA) is 150 Å². The zero-order valence-corrected chi connectivity index (χ0v) is 15.3. The summed E-state index contributed by atoms with van der Waals surface area (Å²) < 4.78 is 2.86. The van der Waals surface area contributed by atoms with Crippen LogP contribution in [0.2, 0.25) is 0 Å². The van der Waals surface area contributed by atoms with Crippen molar-refractivity contribution in [1.29, 1.82) is 0 Å². The van der Waals surface area contributed by atoms with E-state index in [-0.39, 0.29) is 17.1 Å². The molecule has 0 aliphatic heterocycles. The molecule has 129 valence electrons. The molecule has 0 aromatic carbocycles. The molecule has 1 radical (unpaired) electrons. The van der Waals surface area contributed by atoms with Crippen LogP contribution in [-0.4, -0.2) is 31.7 Å². The molecule has 1 saturated carbocycles. The van der Waals surface area contributed by atoms with Gasteiger partial charge in [0.05, 0.1) is 11.4 Å². The Kier molecular flexibility index (Phi) is 9.02. The Hall–Kier alpha value is -1.46. The van der Waals surface area contributed by atoms with Crippen LogP contribution in [0.1, 0.15) is 32.7 Å². The SMILES string of the molecule is CC(=O)[O-].CC(=O)[O-].Nc1ncnc2c1c(I)nn2C1CC1.[Cu+2]. The van der Waals surface area contributed by atoms with Crippen LogP contribution < -0.4 is 15.9 Å². The number of fused-ring (bicyclic) bond motifs is 1.